The Balaban J connectivity index is 1.99. The van der Waals surface area contributed by atoms with Crippen LogP contribution < -0.4 is 10.2 Å². The molecule has 0 saturated carbocycles. The maximum Gasteiger partial charge on any atom is 0.197 e. The van der Waals surface area contributed by atoms with Crippen molar-refractivity contribution in [3.8, 4) is 28.6 Å². The summed E-state index contributed by atoms with van der Waals surface area (Å²) in [6.07, 6.45) is 0.676. The molecule has 0 radical (unpaired) electrons. The summed E-state index contributed by atoms with van der Waals surface area (Å²) in [5.74, 6) is 0.186. The molecular formula is C22H22BrNO6. The number of aromatic hydroxyl groups is 2. The van der Waals surface area contributed by atoms with E-state index in [-0.39, 0.29) is 41.0 Å². The number of benzene rings is 2. The average Bonchev–Trinajstić information content (AvgIpc) is 3.07. The topological polar surface area (TPSA) is 103 Å². The van der Waals surface area contributed by atoms with E-state index < -0.39 is 5.43 Å². The zero-order valence-corrected chi connectivity index (χ0v) is 18.1. The minimum Gasteiger partial charge on any atom is -0.507 e. The van der Waals surface area contributed by atoms with E-state index in [9.17, 15) is 20.1 Å². The predicted octanol–water partition coefficient (Wildman–Crippen LogP) is 3.42. The van der Waals surface area contributed by atoms with Crippen molar-refractivity contribution in [1.29, 1.82) is 0 Å². The third kappa shape index (κ3) is 3.34. The second-order valence-corrected chi connectivity index (χ2v) is 8.33. The summed E-state index contributed by atoms with van der Waals surface area (Å²) < 4.78 is 12.0. The molecule has 8 heteroatoms. The maximum atomic E-state index is 12.9. The van der Waals surface area contributed by atoms with Crippen molar-refractivity contribution in [2.75, 3.05) is 27.3 Å². The Hall–Kier alpha value is -2.55. The molecule has 158 valence electrons. The predicted molar refractivity (Wildman–Crippen MR) is 116 cm³/mol. The number of phenolic OH excluding ortho intramolecular Hbond substituents is 2. The number of hydrogen-bond acceptors (Lipinski definition) is 7. The summed E-state index contributed by atoms with van der Waals surface area (Å²) in [7, 11) is 3.46. The fourth-order valence-electron chi connectivity index (χ4n) is 4.25. The Morgan fingerprint density at radius 2 is 2.00 bits per heavy atom. The molecule has 0 bridgehead atoms. The first-order valence-corrected chi connectivity index (χ1v) is 10.3. The highest BCUT2D eigenvalue weighted by Crippen LogP contribution is 2.44. The van der Waals surface area contributed by atoms with Gasteiger partial charge in [-0.2, -0.15) is 0 Å². The van der Waals surface area contributed by atoms with Crippen LogP contribution in [0.5, 0.6) is 17.2 Å². The van der Waals surface area contributed by atoms with E-state index in [2.05, 4.69) is 15.9 Å². The van der Waals surface area contributed by atoms with Gasteiger partial charge in [0.1, 0.15) is 34.0 Å². The number of hydrogen-bond donors (Lipinski definition) is 3. The molecule has 1 saturated heterocycles. The van der Waals surface area contributed by atoms with Gasteiger partial charge in [0.2, 0.25) is 0 Å². The minimum atomic E-state index is -0.417. The van der Waals surface area contributed by atoms with Crippen molar-refractivity contribution >= 4 is 26.9 Å². The lowest BCUT2D eigenvalue weighted by Crippen LogP contribution is -2.32. The van der Waals surface area contributed by atoms with Gasteiger partial charge < -0.3 is 29.4 Å². The van der Waals surface area contributed by atoms with Gasteiger partial charge in [-0.05, 0) is 54.1 Å². The summed E-state index contributed by atoms with van der Waals surface area (Å²) in [5.41, 5.74) is 0.775. The first-order chi connectivity index (χ1) is 14.3. The van der Waals surface area contributed by atoms with Crippen LogP contribution in [0.15, 0.2) is 44.0 Å². The van der Waals surface area contributed by atoms with Crippen LogP contribution in [0.25, 0.3) is 22.3 Å². The van der Waals surface area contributed by atoms with Crippen molar-refractivity contribution in [3.63, 3.8) is 0 Å². The molecular weight excluding hydrogens is 454 g/mol. The monoisotopic (exact) mass is 475 g/mol. The van der Waals surface area contributed by atoms with E-state index in [0.717, 1.165) is 6.54 Å². The summed E-state index contributed by atoms with van der Waals surface area (Å²) in [6.45, 7) is 0.628. The van der Waals surface area contributed by atoms with Gasteiger partial charge in [0, 0.05) is 39.7 Å². The van der Waals surface area contributed by atoms with Gasteiger partial charge in [-0.25, -0.2) is 0 Å². The maximum absolute atomic E-state index is 12.9. The van der Waals surface area contributed by atoms with Gasteiger partial charge >= 0.3 is 0 Å². The van der Waals surface area contributed by atoms with Crippen molar-refractivity contribution in [2.45, 2.75) is 18.4 Å². The number of fused-ring (bicyclic) bond motifs is 1. The number of nitrogens with zero attached hydrogens (tertiary/aromatic N) is 1. The molecule has 1 fully saturated rings. The molecule has 4 rings (SSSR count). The highest BCUT2D eigenvalue weighted by Gasteiger charge is 2.36. The lowest BCUT2D eigenvalue weighted by Gasteiger charge is -2.24. The minimum absolute atomic E-state index is 0.0161. The number of aliphatic hydroxyl groups is 1. The van der Waals surface area contributed by atoms with E-state index in [0.29, 0.717) is 33.5 Å². The summed E-state index contributed by atoms with van der Waals surface area (Å²) in [4.78, 5) is 14.9. The lowest BCUT2D eigenvalue weighted by atomic mass is 9.89. The summed E-state index contributed by atoms with van der Waals surface area (Å²) >= 11 is 3.48. The van der Waals surface area contributed by atoms with E-state index in [4.69, 9.17) is 9.15 Å². The summed E-state index contributed by atoms with van der Waals surface area (Å²) in [6, 6.07) is 7.53. The van der Waals surface area contributed by atoms with Gasteiger partial charge in [-0.1, -0.05) is 0 Å². The normalized spacial score (nSPS) is 19.5. The van der Waals surface area contributed by atoms with Crippen LogP contribution in [0.1, 0.15) is 17.9 Å². The first-order valence-electron chi connectivity index (χ1n) is 9.53. The third-order valence-corrected chi connectivity index (χ3v) is 6.48. The third-order valence-electron chi connectivity index (χ3n) is 5.82. The number of ether oxygens (including phenoxy) is 1. The van der Waals surface area contributed by atoms with Crippen LogP contribution in [0.3, 0.4) is 0 Å². The molecule has 1 aromatic heterocycles. The quantitative estimate of drug-likeness (QED) is 0.530. The van der Waals surface area contributed by atoms with Gasteiger partial charge in [0.15, 0.2) is 5.43 Å². The van der Waals surface area contributed by atoms with Gasteiger partial charge in [0.25, 0.3) is 0 Å². The van der Waals surface area contributed by atoms with Crippen LogP contribution in [0.2, 0.25) is 0 Å². The van der Waals surface area contributed by atoms with Crippen LogP contribution in [0, 0.1) is 0 Å². The Morgan fingerprint density at radius 1 is 1.23 bits per heavy atom. The number of rotatable bonds is 4. The number of halogens is 1. The van der Waals surface area contributed by atoms with Crippen molar-refractivity contribution < 1.29 is 24.5 Å². The number of methoxy groups -OCH3 is 1. The number of phenols is 2. The van der Waals surface area contributed by atoms with Gasteiger partial charge in [0.05, 0.1) is 13.7 Å². The molecule has 2 atom stereocenters. The Labute approximate surface area is 181 Å². The molecule has 7 nitrogen and oxygen atoms in total. The molecule has 1 aliphatic rings. The molecule has 0 aliphatic carbocycles. The molecule has 30 heavy (non-hydrogen) atoms. The van der Waals surface area contributed by atoms with Crippen LogP contribution >= 0.6 is 15.9 Å². The SMILES string of the molecule is COc1ccc(-c2cc(=O)c3c(O)cc(O)c([C@H]4CCN(C)[C@@H]4CO)c3o2)c(Br)c1. The largest absolute Gasteiger partial charge is 0.507 e. The summed E-state index contributed by atoms with van der Waals surface area (Å²) in [5, 5.41) is 30.9. The Bertz CT molecular complexity index is 1170. The highest BCUT2D eigenvalue weighted by atomic mass is 79.9. The van der Waals surface area contributed by atoms with Crippen LogP contribution in [-0.2, 0) is 0 Å². The Morgan fingerprint density at radius 3 is 2.67 bits per heavy atom. The average molecular weight is 476 g/mol. The smallest absolute Gasteiger partial charge is 0.197 e. The van der Waals surface area contributed by atoms with Gasteiger partial charge in [-0.3, -0.25) is 4.79 Å². The van der Waals surface area contributed by atoms with E-state index in [1.165, 1.54) is 12.1 Å². The van der Waals surface area contributed by atoms with Crippen LogP contribution in [-0.4, -0.2) is 53.6 Å². The molecule has 0 unspecified atom stereocenters. The van der Waals surface area contributed by atoms with Crippen LogP contribution in [0.4, 0.5) is 0 Å². The second-order valence-electron chi connectivity index (χ2n) is 7.48. The van der Waals surface area contributed by atoms with E-state index in [1.54, 1.807) is 25.3 Å². The molecule has 2 heterocycles. The fourth-order valence-corrected chi connectivity index (χ4v) is 4.80. The molecule has 1 aliphatic heterocycles. The van der Waals surface area contributed by atoms with Gasteiger partial charge in [-0.15, -0.1) is 0 Å². The first kappa shape index (κ1) is 20.7. The van der Waals surface area contributed by atoms with Crippen molar-refractivity contribution in [1.82, 2.24) is 4.90 Å². The highest BCUT2D eigenvalue weighted by molar-refractivity contribution is 9.10. The standard InChI is InChI=1S/C22H22BrNO6/c1-24-6-5-13(15(24)10-25)20-16(26)8-17(27)21-18(28)9-19(30-22(20)21)12-4-3-11(29-2)7-14(12)23/h3-4,7-9,13,15,25-27H,5-6,10H2,1-2H3/t13-,15+/m0/s1. The number of likely N-dealkylation sites (N-methyl/N-ethyl adjacent to an activating group) is 1. The zero-order valence-electron chi connectivity index (χ0n) is 16.6. The lowest BCUT2D eigenvalue weighted by molar-refractivity contribution is 0.172. The van der Waals surface area contributed by atoms with E-state index >= 15 is 0 Å². The molecule has 0 amide bonds. The number of aliphatic hydroxyl groups excluding tert-OH is 1. The molecule has 2 aromatic carbocycles. The van der Waals surface area contributed by atoms with Crippen molar-refractivity contribution in [3.05, 3.63) is 50.6 Å². The zero-order chi connectivity index (χ0) is 21.6. The molecule has 3 N–H and O–H groups in total. The second kappa shape index (κ2) is 7.94. The number of likely N-dealkylation sites (tertiary alicyclic amines) is 1. The fraction of sp³-hybridized carbons (Fsp3) is 0.318. The van der Waals surface area contributed by atoms with E-state index in [1.807, 2.05) is 11.9 Å². The molecule has 3 aromatic rings. The Kier molecular flexibility index (Phi) is 5.48. The molecule has 0 spiro atoms. The van der Waals surface area contributed by atoms with Crippen molar-refractivity contribution in [2.24, 2.45) is 0 Å².